The summed E-state index contributed by atoms with van der Waals surface area (Å²) in [6.45, 7) is 0. The number of hydrogen-bond acceptors (Lipinski definition) is 5. The van der Waals surface area contributed by atoms with Gasteiger partial charge in [0.25, 0.3) is 0 Å². The third-order valence-corrected chi connectivity index (χ3v) is 6.81. The molecule has 16 heavy (non-hydrogen) atoms. The molecule has 0 radical (unpaired) electrons. The Balaban J connectivity index is 0.00000225. The first kappa shape index (κ1) is 16.5. The van der Waals surface area contributed by atoms with Crippen LogP contribution in [-0.2, 0) is 10.1 Å². The van der Waals surface area contributed by atoms with Crippen molar-refractivity contribution >= 4 is 34.2 Å². The Morgan fingerprint density at radius 3 is 2.44 bits per heavy atom. The minimum Gasteiger partial charge on any atom is 1.00 e. The predicted molar refractivity (Wildman–Crippen MR) is 63.0 cm³/mol. The smallest absolute Gasteiger partial charge is 1.00 e. The van der Waals surface area contributed by atoms with E-state index < -0.39 is 29.9 Å². The van der Waals surface area contributed by atoms with Gasteiger partial charge in [0.1, 0.15) is 0 Å². The number of halogens is 1. The molecule has 0 fully saturated rings. The van der Waals surface area contributed by atoms with Gasteiger partial charge in [-0.2, -0.15) is 0 Å². The van der Waals surface area contributed by atoms with Gasteiger partial charge < -0.3 is 0 Å². The van der Waals surface area contributed by atoms with E-state index in [1.54, 1.807) is 6.07 Å². The van der Waals surface area contributed by atoms with Gasteiger partial charge in [-0.15, -0.1) is 0 Å². The van der Waals surface area contributed by atoms with Crippen molar-refractivity contribution in [2.45, 2.75) is 4.90 Å². The third-order valence-electron chi connectivity index (χ3n) is 1.63. The van der Waals surface area contributed by atoms with Gasteiger partial charge >= 0.3 is 125 Å². The summed E-state index contributed by atoms with van der Waals surface area (Å²) < 4.78 is 33.8. The molecule has 0 saturated heterocycles. The van der Waals surface area contributed by atoms with Crippen LogP contribution in [0.15, 0.2) is 29.2 Å². The summed E-state index contributed by atoms with van der Waals surface area (Å²) in [6.07, 6.45) is 0. The van der Waals surface area contributed by atoms with E-state index in [1.165, 1.54) is 18.2 Å². The van der Waals surface area contributed by atoms with Crippen molar-refractivity contribution in [1.82, 2.24) is 0 Å². The molecule has 2 N–H and O–H groups in total. The Morgan fingerprint density at radius 2 is 2.00 bits per heavy atom. The first-order valence-corrected chi connectivity index (χ1v) is 9.07. The van der Waals surface area contributed by atoms with E-state index in [1.807, 2.05) is 0 Å². The second-order valence-electron chi connectivity index (χ2n) is 2.51. The van der Waals surface area contributed by atoms with Gasteiger partial charge in [-0.1, -0.05) is 0 Å². The topological polar surface area (TPSA) is 101 Å². The van der Waals surface area contributed by atoms with Gasteiger partial charge in [0, 0.05) is 0 Å². The van der Waals surface area contributed by atoms with Crippen molar-refractivity contribution in [3.05, 3.63) is 27.8 Å². The van der Waals surface area contributed by atoms with E-state index in [4.69, 9.17) is 10.5 Å². The standard InChI is InChI=1S/C8H10INO4S.Na/c10-5-9(6-11)7-3-1-2-4-8(7)15(12,13)14;/h1-5,10-11H,6H2,(H,12,13,14);/q;+1/p-1. The maximum absolute atomic E-state index is 10.9. The molecule has 0 aliphatic carbocycles. The number of benzene rings is 1. The van der Waals surface area contributed by atoms with Crippen LogP contribution in [0, 0.1) is 8.98 Å². The zero-order chi connectivity index (χ0) is 11.5. The van der Waals surface area contributed by atoms with Crippen molar-refractivity contribution in [2.24, 2.45) is 0 Å². The summed E-state index contributed by atoms with van der Waals surface area (Å²) in [5.41, 5.74) is 0. The van der Waals surface area contributed by atoms with Crippen molar-refractivity contribution in [1.29, 1.82) is 5.41 Å². The van der Waals surface area contributed by atoms with Crippen LogP contribution in [0.4, 0.5) is 0 Å². The monoisotopic (exact) mass is 365 g/mol. The Morgan fingerprint density at radius 1 is 1.44 bits per heavy atom. The van der Waals surface area contributed by atoms with Gasteiger partial charge in [-0.25, -0.2) is 0 Å². The fourth-order valence-electron chi connectivity index (χ4n) is 1.01. The molecule has 8 heteroatoms. The van der Waals surface area contributed by atoms with Gasteiger partial charge in [0.05, 0.1) is 0 Å². The Labute approximate surface area is 123 Å². The normalized spacial score (nSPS) is 11.5. The molecule has 0 bridgehead atoms. The molecule has 1 aromatic carbocycles. The average Bonchev–Trinajstić information content (AvgIpc) is 2.19. The number of hydrogen-bond donors (Lipinski definition) is 2. The third kappa shape index (κ3) is 4.06. The quantitative estimate of drug-likeness (QED) is 0.208. The number of alkyl halides is 1. The fraction of sp³-hybridized carbons (Fsp3) is 0.125. The molecule has 1 aromatic rings. The molecule has 1 rings (SSSR count). The molecular formula is C8H9INNaO4S. The summed E-state index contributed by atoms with van der Waals surface area (Å²) in [4.78, 5) is -0.312. The SMILES string of the molecule is N=CI(CO)c1ccccc1S(=O)(=O)[O-].[Na+]. The Bertz CT molecular complexity index is 465. The molecule has 5 nitrogen and oxygen atoms in total. The second-order valence-corrected chi connectivity index (χ2v) is 8.59. The molecule has 0 saturated carbocycles. The van der Waals surface area contributed by atoms with Gasteiger partial charge in [-0.05, 0) is 0 Å². The summed E-state index contributed by atoms with van der Waals surface area (Å²) in [6, 6.07) is 5.73. The minimum atomic E-state index is -4.52. The zero-order valence-corrected chi connectivity index (χ0v) is 13.5. The molecule has 0 aromatic heterocycles. The predicted octanol–water partition coefficient (Wildman–Crippen LogP) is -2.17. The van der Waals surface area contributed by atoms with Gasteiger partial charge in [0.2, 0.25) is 0 Å². The summed E-state index contributed by atoms with van der Waals surface area (Å²) in [7, 11) is -4.52. The molecule has 0 aliphatic heterocycles. The average molecular weight is 365 g/mol. The number of aliphatic hydroxyl groups excluding tert-OH is 1. The zero-order valence-electron chi connectivity index (χ0n) is 8.55. The van der Waals surface area contributed by atoms with Crippen molar-refractivity contribution < 1.29 is 47.6 Å². The van der Waals surface area contributed by atoms with Crippen LogP contribution in [0.5, 0.6) is 0 Å². The van der Waals surface area contributed by atoms with Crippen LogP contribution >= 0.6 is 19.8 Å². The van der Waals surface area contributed by atoms with Crippen LogP contribution in [0.3, 0.4) is 0 Å². The fourth-order valence-corrected chi connectivity index (χ4v) is 5.46. The molecular weight excluding hydrogens is 356 g/mol. The van der Waals surface area contributed by atoms with Crippen molar-refractivity contribution in [2.75, 3.05) is 4.61 Å². The van der Waals surface area contributed by atoms with E-state index in [2.05, 4.69) is 0 Å². The molecule has 0 atom stereocenters. The Kier molecular flexibility index (Phi) is 7.26. The Hall–Kier alpha value is 0.490. The molecule has 84 valence electrons. The molecule has 0 heterocycles. The number of nitrogens with one attached hydrogen (secondary N) is 1. The molecule has 0 aliphatic rings. The number of aliphatic hydroxyl groups is 1. The van der Waals surface area contributed by atoms with E-state index in [0.717, 1.165) is 4.22 Å². The first-order chi connectivity index (χ1) is 7.00. The summed E-state index contributed by atoms with van der Waals surface area (Å²) in [5, 5.41) is 16.1. The van der Waals surface area contributed by atoms with Crippen LogP contribution < -0.4 is 29.6 Å². The maximum atomic E-state index is 10.9. The van der Waals surface area contributed by atoms with E-state index in [9.17, 15) is 13.0 Å². The minimum absolute atomic E-state index is 0. The molecule has 0 spiro atoms. The maximum Gasteiger partial charge on any atom is 1.00 e. The first-order valence-electron chi connectivity index (χ1n) is 3.81. The summed E-state index contributed by atoms with van der Waals surface area (Å²) in [5.74, 6) is 0. The van der Waals surface area contributed by atoms with Crippen LogP contribution in [0.2, 0.25) is 0 Å². The van der Waals surface area contributed by atoms with E-state index in [-0.39, 0.29) is 39.1 Å². The number of rotatable bonds is 4. The van der Waals surface area contributed by atoms with Crippen molar-refractivity contribution in [3.63, 3.8) is 0 Å². The second kappa shape index (κ2) is 7.04. The van der Waals surface area contributed by atoms with Gasteiger partial charge in [0.15, 0.2) is 0 Å². The van der Waals surface area contributed by atoms with Crippen LogP contribution in [0.1, 0.15) is 0 Å². The largest absolute Gasteiger partial charge is 1.00 e. The molecule has 0 amide bonds. The van der Waals surface area contributed by atoms with Crippen LogP contribution in [-0.4, -0.2) is 26.9 Å². The van der Waals surface area contributed by atoms with E-state index >= 15 is 0 Å². The molecule has 0 unspecified atom stereocenters. The van der Waals surface area contributed by atoms with Crippen molar-refractivity contribution in [3.8, 4) is 0 Å². The van der Waals surface area contributed by atoms with Gasteiger partial charge in [-0.3, -0.25) is 0 Å². The van der Waals surface area contributed by atoms with Crippen LogP contribution in [0.25, 0.3) is 0 Å². The summed E-state index contributed by atoms with van der Waals surface area (Å²) >= 11 is -2.35. The van der Waals surface area contributed by atoms with E-state index in [0.29, 0.717) is 3.57 Å².